The molecule has 0 amide bonds. The third kappa shape index (κ3) is 3.57. The minimum Gasteiger partial charge on any atom is -0.465 e. The van der Waals surface area contributed by atoms with E-state index in [1.54, 1.807) is 4.90 Å². The van der Waals surface area contributed by atoms with E-state index in [9.17, 15) is 14.9 Å². The van der Waals surface area contributed by atoms with Crippen molar-refractivity contribution in [2.45, 2.75) is 13.8 Å². The van der Waals surface area contributed by atoms with Gasteiger partial charge in [-0.1, -0.05) is 12.2 Å². The molecule has 0 bridgehead atoms. The predicted molar refractivity (Wildman–Crippen MR) is 77.1 cm³/mol. The van der Waals surface area contributed by atoms with Crippen LogP contribution in [0.4, 0.5) is 11.4 Å². The minimum absolute atomic E-state index is 0.0410. The lowest BCUT2D eigenvalue weighted by atomic mass is 10.1. The highest BCUT2D eigenvalue weighted by atomic mass is 16.6. The van der Waals surface area contributed by atoms with E-state index < -0.39 is 10.9 Å². The number of rotatable bonds is 6. The second-order valence-corrected chi connectivity index (χ2v) is 4.42. The summed E-state index contributed by atoms with van der Waals surface area (Å²) in [6.07, 6.45) is 0. The van der Waals surface area contributed by atoms with Crippen LogP contribution in [-0.2, 0) is 4.74 Å². The van der Waals surface area contributed by atoms with Crippen LogP contribution in [0.15, 0.2) is 30.4 Å². The number of methoxy groups -OCH3 is 1. The molecule has 20 heavy (non-hydrogen) atoms. The maximum Gasteiger partial charge on any atom is 0.337 e. The van der Waals surface area contributed by atoms with E-state index in [1.165, 1.54) is 25.3 Å². The Morgan fingerprint density at radius 3 is 2.60 bits per heavy atom. The first-order valence-electron chi connectivity index (χ1n) is 6.16. The molecule has 0 unspecified atom stereocenters. The van der Waals surface area contributed by atoms with Gasteiger partial charge in [-0.25, -0.2) is 4.79 Å². The molecule has 108 valence electrons. The van der Waals surface area contributed by atoms with Crippen molar-refractivity contribution in [3.63, 3.8) is 0 Å². The van der Waals surface area contributed by atoms with Crippen LogP contribution >= 0.6 is 0 Å². The zero-order valence-corrected chi connectivity index (χ0v) is 11.9. The van der Waals surface area contributed by atoms with Crippen molar-refractivity contribution in [3.8, 4) is 0 Å². The molecule has 0 atom stereocenters. The fourth-order valence-electron chi connectivity index (χ4n) is 1.87. The van der Waals surface area contributed by atoms with Crippen LogP contribution < -0.4 is 4.90 Å². The lowest BCUT2D eigenvalue weighted by Gasteiger charge is -2.23. The van der Waals surface area contributed by atoms with Gasteiger partial charge in [-0.05, 0) is 26.0 Å². The number of nitrogens with zero attached hydrogens (tertiary/aromatic N) is 2. The Morgan fingerprint density at radius 1 is 1.50 bits per heavy atom. The Morgan fingerprint density at radius 2 is 2.15 bits per heavy atom. The molecule has 0 saturated heterocycles. The number of carbonyl (C=O) groups is 1. The third-order valence-corrected chi connectivity index (χ3v) is 2.78. The summed E-state index contributed by atoms with van der Waals surface area (Å²) in [4.78, 5) is 24.0. The summed E-state index contributed by atoms with van der Waals surface area (Å²) in [5.41, 5.74) is 1.52. The molecule has 0 aromatic heterocycles. The van der Waals surface area contributed by atoms with E-state index in [0.29, 0.717) is 18.8 Å². The van der Waals surface area contributed by atoms with Gasteiger partial charge in [-0.2, -0.15) is 0 Å². The van der Waals surface area contributed by atoms with E-state index in [2.05, 4.69) is 11.3 Å². The van der Waals surface area contributed by atoms with Crippen LogP contribution in [0, 0.1) is 10.1 Å². The summed E-state index contributed by atoms with van der Waals surface area (Å²) >= 11 is 0. The summed E-state index contributed by atoms with van der Waals surface area (Å²) in [7, 11) is 1.27. The van der Waals surface area contributed by atoms with Crippen molar-refractivity contribution in [1.29, 1.82) is 0 Å². The number of hydrogen-bond acceptors (Lipinski definition) is 5. The quantitative estimate of drug-likeness (QED) is 0.346. The summed E-state index contributed by atoms with van der Waals surface area (Å²) < 4.78 is 4.64. The Labute approximate surface area is 117 Å². The number of ether oxygens (including phenoxy) is 1. The van der Waals surface area contributed by atoms with Gasteiger partial charge in [0.05, 0.1) is 17.6 Å². The van der Waals surface area contributed by atoms with Gasteiger partial charge in [0.1, 0.15) is 5.69 Å². The van der Waals surface area contributed by atoms with Gasteiger partial charge >= 0.3 is 5.97 Å². The van der Waals surface area contributed by atoms with Crippen LogP contribution in [0.1, 0.15) is 24.2 Å². The number of likely N-dealkylation sites (N-methyl/N-ethyl adjacent to an activating group) is 1. The highest BCUT2D eigenvalue weighted by molar-refractivity contribution is 5.91. The summed E-state index contributed by atoms with van der Waals surface area (Å²) in [6, 6.07) is 4.20. The van der Waals surface area contributed by atoms with Gasteiger partial charge in [0.25, 0.3) is 5.69 Å². The van der Waals surface area contributed by atoms with Crippen molar-refractivity contribution < 1.29 is 14.5 Å². The van der Waals surface area contributed by atoms with Crippen molar-refractivity contribution in [2.24, 2.45) is 0 Å². The number of esters is 1. The maximum absolute atomic E-state index is 11.6. The van der Waals surface area contributed by atoms with Gasteiger partial charge in [0.15, 0.2) is 0 Å². The normalized spacial score (nSPS) is 9.95. The van der Waals surface area contributed by atoms with Crippen molar-refractivity contribution in [3.05, 3.63) is 46.0 Å². The van der Waals surface area contributed by atoms with Crippen LogP contribution in [0.2, 0.25) is 0 Å². The molecule has 1 rings (SSSR count). The molecular formula is C14H18N2O4. The number of hydrogen-bond donors (Lipinski definition) is 0. The molecule has 0 radical (unpaired) electrons. The van der Waals surface area contributed by atoms with Crippen molar-refractivity contribution >= 4 is 17.3 Å². The third-order valence-electron chi connectivity index (χ3n) is 2.78. The molecule has 0 fully saturated rings. The van der Waals surface area contributed by atoms with Crippen LogP contribution in [0.3, 0.4) is 0 Å². The lowest BCUT2D eigenvalue weighted by Crippen LogP contribution is -2.25. The SMILES string of the molecule is C=C(C)CN(CC)c1cc(C(=O)OC)ccc1[N+](=O)[O-]. The second kappa shape index (κ2) is 6.70. The number of benzene rings is 1. The van der Waals surface area contributed by atoms with E-state index in [1.807, 2.05) is 13.8 Å². The Bertz CT molecular complexity index is 540. The number of carbonyl (C=O) groups excluding carboxylic acids is 1. The largest absolute Gasteiger partial charge is 0.465 e. The monoisotopic (exact) mass is 278 g/mol. The summed E-state index contributed by atoms with van der Waals surface area (Å²) in [6.45, 7) is 8.60. The first-order valence-corrected chi connectivity index (χ1v) is 6.16. The summed E-state index contributed by atoms with van der Waals surface area (Å²) in [5.74, 6) is -0.521. The number of nitro benzene ring substituents is 1. The fraction of sp³-hybridized carbons (Fsp3) is 0.357. The fourth-order valence-corrected chi connectivity index (χ4v) is 1.87. The zero-order chi connectivity index (χ0) is 15.3. The van der Waals surface area contributed by atoms with Crippen molar-refractivity contribution in [2.75, 3.05) is 25.1 Å². The average Bonchev–Trinajstić information content (AvgIpc) is 2.42. The van der Waals surface area contributed by atoms with E-state index in [-0.39, 0.29) is 11.3 Å². The molecular weight excluding hydrogens is 260 g/mol. The van der Waals surface area contributed by atoms with Crippen molar-refractivity contribution in [1.82, 2.24) is 0 Å². The first kappa shape index (κ1) is 15.7. The highest BCUT2D eigenvalue weighted by Gasteiger charge is 2.21. The molecule has 0 saturated carbocycles. The molecule has 0 N–H and O–H groups in total. The van der Waals surface area contributed by atoms with Gasteiger partial charge in [-0.15, -0.1) is 0 Å². The Kier molecular flexibility index (Phi) is 5.25. The molecule has 0 aliphatic rings. The van der Waals surface area contributed by atoms with Gasteiger partial charge in [0, 0.05) is 19.2 Å². The van der Waals surface area contributed by atoms with Gasteiger partial charge in [-0.3, -0.25) is 10.1 Å². The number of nitro groups is 1. The van der Waals surface area contributed by atoms with Crippen LogP contribution in [0.25, 0.3) is 0 Å². The van der Waals surface area contributed by atoms with Gasteiger partial charge in [0.2, 0.25) is 0 Å². The molecule has 0 spiro atoms. The number of anilines is 1. The minimum atomic E-state index is -0.521. The first-order chi connectivity index (χ1) is 9.40. The second-order valence-electron chi connectivity index (χ2n) is 4.42. The maximum atomic E-state index is 11.6. The average molecular weight is 278 g/mol. The topological polar surface area (TPSA) is 72.7 Å². The summed E-state index contributed by atoms with van der Waals surface area (Å²) in [5, 5.41) is 11.1. The zero-order valence-electron chi connectivity index (χ0n) is 11.9. The molecule has 6 nitrogen and oxygen atoms in total. The molecule has 0 aliphatic carbocycles. The van der Waals surface area contributed by atoms with Gasteiger partial charge < -0.3 is 9.64 Å². The Hall–Kier alpha value is -2.37. The predicted octanol–water partition coefficient (Wildman–Crippen LogP) is 2.78. The molecule has 6 heteroatoms. The van der Waals surface area contributed by atoms with Crippen LogP contribution in [0.5, 0.6) is 0 Å². The Balaban J connectivity index is 3.33. The van der Waals surface area contributed by atoms with Crippen LogP contribution in [-0.4, -0.2) is 31.1 Å². The standard InChI is InChI=1S/C14H18N2O4/c1-5-15(9-10(2)3)13-8-11(14(17)20-4)6-7-12(13)16(18)19/h6-8H,2,5,9H2,1,3-4H3. The smallest absolute Gasteiger partial charge is 0.337 e. The van der Waals surface area contributed by atoms with E-state index in [0.717, 1.165) is 5.57 Å². The molecule has 1 aromatic rings. The highest BCUT2D eigenvalue weighted by Crippen LogP contribution is 2.30. The van der Waals surface area contributed by atoms with E-state index in [4.69, 9.17) is 0 Å². The van der Waals surface area contributed by atoms with E-state index >= 15 is 0 Å². The molecule has 1 aromatic carbocycles. The molecule has 0 aliphatic heterocycles. The lowest BCUT2D eigenvalue weighted by molar-refractivity contribution is -0.384. The molecule has 0 heterocycles.